The van der Waals surface area contributed by atoms with Crippen LogP contribution in [0, 0.1) is 10.8 Å². The lowest BCUT2D eigenvalue weighted by molar-refractivity contribution is -0.122. The Morgan fingerprint density at radius 1 is 0.532 bits per heavy atom. The SMILES string of the molecule is N=C1N[C@H]2[C@H](CS[C@H]2CCCCC(=O)NCCOCCNC(=O)c2cc(NC(=O)NCCOCCOCCNC(=O)OCc3ccccc3)cc(C(=O)NCCOCCNC(=O)CCCC[C@@H]3SC[C@@H]4NC(=N)N[C@@H]43)c2)N1. The Morgan fingerprint density at radius 2 is 0.987 bits per heavy atom. The minimum absolute atomic E-state index is 0.0489. The van der Waals surface area contributed by atoms with Crippen molar-refractivity contribution >= 4 is 76.9 Å². The molecule has 13 N–H and O–H groups in total. The number of unbranched alkanes of at least 4 members (excludes halogenated alkanes) is 2. The highest BCUT2D eigenvalue weighted by Crippen LogP contribution is 2.34. The molecule has 4 heterocycles. The molecule has 0 aliphatic carbocycles. The fourth-order valence-corrected chi connectivity index (χ4v) is 12.0. The van der Waals surface area contributed by atoms with Gasteiger partial charge in [-0.15, -0.1) is 0 Å². The lowest BCUT2D eigenvalue weighted by atomic mass is 10.0. The summed E-state index contributed by atoms with van der Waals surface area (Å²) in [5.74, 6) is 1.65. The topological polar surface area (TPSA) is 329 Å². The highest BCUT2D eigenvalue weighted by Gasteiger charge is 2.42. The minimum Gasteiger partial charge on any atom is -0.445 e. The molecule has 26 heteroatoms. The summed E-state index contributed by atoms with van der Waals surface area (Å²) in [5, 5.41) is 48.5. The van der Waals surface area contributed by atoms with E-state index in [0.717, 1.165) is 55.6 Å². The minimum atomic E-state index is -0.591. The van der Waals surface area contributed by atoms with Crippen LogP contribution < -0.4 is 58.5 Å². The van der Waals surface area contributed by atoms with Gasteiger partial charge in [0.15, 0.2) is 11.9 Å². The second kappa shape index (κ2) is 34.0. The molecule has 6 atom stereocenters. The number of hydrogen-bond donors (Lipinski definition) is 13. The summed E-state index contributed by atoms with van der Waals surface area (Å²) in [6.07, 6.45) is 5.69. The first-order valence-electron chi connectivity index (χ1n) is 26.5. The number of guanidine groups is 2. The molecule has 77 heavy (non-hydrogen) atoms. The first kappa shape index (κ1) is 60.2. The molecule has 0 saturated carbocycles. The number of benzene rings is 2. The zero-order valence-electron chi connectivity index (χ0n) is 43.6. The molecule has 2 aromatic carbocycles. The van der Waals surface area contributed by atoms with Crippen LogP contribution in [0.3, 0.4) is 0 Å². The van der Waals surface area contributed by atoms with Crippen molar-refractivity contribution in [2.45, 2.75) is 92.6 Å². The fourth-order valence-electron chi connectivity index (χ4n) is 8.89. The summed E-state index contributed by atoms with van der Waals surface area (Å²) in [5.41, 5.74) is 1.31. The smallest absolute Gasteiger partial charge is 0.407 e. The number of fused-ring (bicyclic) bond motifs is 2. The van der Waals surface area contributed by atoms with Crippen LogP contribution in [-0.4, -0.2) is 186 Å². The Morgan fingerprint density at radius 3 is 1.49 bits per heavy atom. The van der Waals surface area contributed by atoms with Crippen LogP contribution in [0.15, 0.2) is 48.5 Å². The number of hydrogen-bond acceptors (Lipinski definition) is 15. The molecule has 24 nitrogen and oxygen atoms in total. The number of carbonyl (C=O) groups excluding carboxylic acids is 6. The van der Waals surface area contributed by atoms with Gasteiger partial charge in [0.05, 0.1) is 77.0 Å². The van der Waals surface area contributed by atoms with E-state index in [-0.39, 0.29) is 126 Å². The quantitative estimate of drug-likeness (QED) is 0.0431. The Hall–Kier alpha value is -6.06. The Balaban J connectivity index is 0.837. The van der Waals surface area contributed by atoms with E-state index in [4.69, 9.17) is 34.5 Å². The summed E-state index contributed by atoms with van der Waals surface area (Å²) in [4.78, 5) is 76.2. The van der Waals surface area contributed by atoms with Crippen LogP contribution in [0.5, 0.6) is 0 Å². The zero-order valence-corrected chi connectivity index (χ0v) is 45.2. The van der Waals surface area contributed by atoms with Gasteiger partial charge in [0.25, 0.3) is 11.8 Å². The third-order valence-electron chi connectivity index (χ3n) is 12.8. The third kappa shape index (κ3) is 22.4. The van der Waals surface area contributed by atoms with Crippen molar-refractivity contribution in [3.63, 3.8) is 0 Å². The predicted octanol–water partition coefficient (Wildman–Crippen LogP) is 1.57. The maximum atomic E-state index is 13.3. The molecule has 6 rings (SSSR count). The molecule has 4 saturated heterocycles. The van der Waals surface area contributed by atoms with Crippen LogP contribution in [0.25, 0.3) is 0 Å². The molecule has 7 amide bonds. The van der Waals surface area contributed by atoms with Crippen molar-refractivity contribution in [3.05, 3.63) is 65.2 Å². The molecule has 4 fully saturated rings. The summed E-state index contributed by atoms with van der Waals surface area (Å²) < 4.78 is 27.4. The average molecular weight is 1110 g/mol. The van der Waals surface area contributed by atoms with Crippen molar-refractivity contribution in [1.82, 2.24) is 53.2 Å². The molecule has 0 radical (unpaired) electrons. The molecular weight excluding hydrogens is 1030 g/mol. The highest BCUT2D eigenvalue weighted by molar-refractivity contribution is 8.00. The standard InChI is InChI=1S/C51H77N13O11S2/c52-48-61-38-32-76-40(44(38)63-48)10-4-6-12-42(65)54-14-20-71-22-16-56-46(67)35-28-36(47(68)57-17-23-72-21-15-55-43(66)13-7-5-11-41-45-39(33-77-41)62-49(53)64-45)30-37(29-35)60-50(69)58-18-24-73-26-27-74-25-19-59-51(70)75-31-34-8-2-1-3-9-34/h1-3,8-9,28-30,38-41,44-45H,4-7,10-27,31-33H2,(H,54,65)(H,55,66)(H,56,67)(H,57,68)(H,59,70)(H3,52,61,63)(H3,53,62,64)(H2,58,60,69)/t38-,39-,40-,41-,44-,45-/m0/s1. The molecule has 424 valence electrons. The molecule has 2 aromatic rings. The molecule has 4 aliphatic heterocycles. The van der Waals surface area contributed by atoms with Gasteiger partial charge < -0.3 is 82.2 Å². The van der Waals surface area contributed by atoms with Gasteiger partial charge in [-0.05, 0) is 49.4 Å². The second-order valence-corrected chi connectivity index (χ2v) is 21.2. The van der Waals surface area contributed by atoms with Crippen LogP contribution in [0.1, 0.15) is 77.6 Å². The van der Waals surface area contributed by atoms with E-state index in [9.17, 15) is 28.8 Å². The number of ether oxygens (including phenoxy) is 5. The highest BCUT2D eigenvalue weighted by atomic mass is 32.2. The van der Waals surface area contributed by atoms with E-state index in [1.54, 1.807) is 0 Å². The normalized spacial score (nSPS) is 19.8. The van der Waals surface area contributed by atoms with Gasteiger partial charge in [-0.25, -0.2) is 9.59 Å². The summed E-state index contributed by atoms with van der Waals surface area (Å²) in [7, 11) is 0. The maximum Gasteiger partial charge on any atom is 0.407 e. The van der Waals surface area contributed by atoms with Crippen molar-refractivity contribution in [3.8, 4) is 0 Å². The van der Waals surface area contributed by atoms with Crippen LogP contribution in [-0.2, 0) is 39.9 Å². The molecular formula is C51H77N13O11S2. The number of urea groups is 1. The first-order chi connectivity index (χ1) is 37.5. The molecule has 0 aromatic heterocycles. The summed E-state index contributed by atoms with van der Waals surface area (Å²) in [6, 6.07) is 14.2. The fraction of sp³-hybridized carbons (Fsp3) is 0.608. The zero-order chi connectivity index (χ0) is 54.5. The number of carbonyl (C=O) groups is 6. The van der Waals surface area contributed by atoms with Gasteiger partial charge in [0, 0.05) is 90.9 Å². The molecule has 0 bridgehead atoms. The van der Waals surface area contributed by atoms with Gasteiger partial charge in [0.1, 0.15) is 6.61 Å². The van der Waals surface area contributed by atoms with Crippen LogP contribution >= 0.6 is 23.5 Å². The predicted molar refractivity (Wildman–Crippen MR) is 295 cm³/mol. The van der Waals surface area contributed by atoms with Gasteiger partial charge in [-0.2, -0.15) is 23.5 Å². The number of thioether (sulfide) groups is 2. The van der Waals surface area contributed by atoms with E-state index in [0.29, 0.717) is 60.4 Å². The third-order valence-corrected chi connectivity index (χ3v) is 15.8. The number of anilines is 1. The Kier molecular flexibility index (Phi) is 26.5. The van der Waals surface area contributed by atoms with Crippen LogP contribution in [0.4, 0.5) is 15.3 Å². The lowest BCUT2D eigenvalue weighted by Gasteiger charge is -2.16. The van der Waals surface area contributed by atoms with E-state index >= 15 is 0 Å². The lowest BCUT2D eigenvalue weighted by Crippen LogP contribution is -2.36. The Labute approximate surface area is 458 Å². The number of amides is 7. The number of nitrogens with one attached hydrogen (secondary N) is 13. The number of alkyl carbamates (subject to hydrolysis) is 1. The van der Waals surface area contributed by atoms with Crippen LogP contribution in [0.2, 0.25) is 0 Å². The van der Waals surface area contributed by atoms with Crippen molar-refractivity contribution in [1.29, 1.82) is 10.8 Å². The summed E-state index contributed by atoms with van der Waals surface area (Å²) >= 11 is 3.82. The first-order valence-corrected chi connectivity index (χ1v) is 28.6. The average Bonchev–Trinajstić information content (AvgIpc) is 4.23. The van der Waals surface area contributed by atoms with E-state index in [1.807, 2.05) is 53.9 Å². The maximum absolute atomic E-state index is 13.3. The molecule has 4 aliphatic rings. The van der Waals surface area contributed by atoms with Gasteiger partial charge in [0.2, 0.25) is 11.8 Å². The van der Waals surface area contributed by atoms with E-state index in [2.05, 4.69) is 58.5 Å². The van der Waals surface area contributed by atoms with Crippen molar-refractivity contribution < 1.29 is 52.5 Å². The molecule has 0 spiro atoms. The van der Waals surface area contributed by atoms with Crippen molar-refractivity contribution in [2.75, 3.05) is 109 Å². The van der Waals surface area contributed by atoms with Gasteiger partial charge in [-0.1, -0.05) is 43.2 Å². The second-order valence-electron chi connectivity index (χ2n) is 18.7. The van der Waals surface area contributed by atoms with Gasteiger partial charge >= 0.3 is 12.1 Å². The molecule has 0 unspecified atom stereocenters. The monoisotopic (exact) mass is 1110 g/mol. The van der Waals surface area contributed by atoms with Crippen molar-refractivity contribution in [2.24, 2.45) is 0 Å². The van der Waals surface area contributed by atoms with Gasteiger partial charge in [-0.3, -0.25) is 30.0 Å². The largest absolute Gasteiger partial charge is 0.445 e. The van der Waals surface area contributed by atoms with E-state index in [1.165, 1.54) is 18.2 Å². The summed E-state index contributed by atoms with van der Waals surface area (Å²) in [6.45, 7) is 3.31. The number of rotatable bonds is 36. The van der Waals surface area contributed by atoms with E-state index < -0.39 is 23.9 Å². The Bertz CT molecular complexity index is 2130.